The third-order valence-electron chi connectivity index (χ3n) is 5.62. The number of Topliss-reactive ketones (excluding diaryl/α,β-unsaturated/α-hetero) is 1. The lowest BCUT2D eigenvalue weighted by molar-refractivity contribution is -0.00888. The molecule has 1 aliphatic rings. The molecule has 0 radical (unpaired) electrons. The molecule has 2 aromatic rings. The zero-order valence-corrected chi connectivity index (χ0v) is 17.5. The lowest BCUT2D eigenvalue weighted by Crippen LogP contribution is -2.43. The number of nitrogens with one attached hydrogen (secondary N) is 1. The van der Waals surface area contributed by atoms with Gasteiger partial charge in [0.05, 0.1) is 0 Å². The van der Waals surface area contributed by atoms with Crippen LogP contribution in [0.1, 0.15) is 62.8 Å². The molecule has 0 aromatic carbocycles. The Morgan fingerprint density at radius 1 is 1.41 bits per heavy atom. The van der Waals surface area contributed by atoms with Crippen LogP contribution in [0.4, 0.5) is 5.82 Å². The standard InChI is InChI=1S/C22H31N5O2/c1-5-15(16-6-8-22(23,29)9-7-16)11-19-24-12-17-10-18(14(4)28)26-21(20(17)27-19)25-13(2)3/h5,10,12-13,15-16,29H,1,6-9,11,23H2,2-4H3,(H,25,26)/t15?,16-,22-. The molecule has 29 heavy (non-hydrogen) atoms. The van der Waals surface area contributed by atoms with Crippen LogP contribution in [0.2, 0.25) is 0 Å². The van der Waals surface area contributed by atoms with E-state index in [0.717, 1.165) is 29.6 Å². The lowest BCUT2D eigenvalue weighted by atomic mass is 9.75. The summed E-state index contributed by atoms with van der Waals surface area (Å²) in [5.74, 6) is 1.86. The summed E-state index contributed by atoms with van der Waals surface area (Å²) in [7, 11) is 0. The molecule has 1 atom stereocenters. The molecule has 0 saturated heterocycles. The second kappa shape index (κ2) is 8.55. The minimum Gasteiger partial charge on any atom is -0.376 e. The van der Waals surface area contributed by atoms with Crippen molar-refractivity contribution in [2.75, 3.05) is 5.32 Å². The fourth-order valence-corrected chi connectivity index (χ4v) is 3.95. The molecule has 2 heterocycles. The largest absolute Gasteiger partial charge is 0.376 e. The summed E-state index contributed by atoms with van der Waals surface area (Å²) >= 11 is 0. The van der Waals surface area contributed by atoms with Gasteiger partial charge in [0, 0.05) is 31.0 Å². The quantitative estimate of drug-likeness (QED) is 0.373. The summed E-state index contributed by atoms with van der Waals surface area (Å²) in [6, 6.07) is 1.89. The average molecular weight is 398 g/mol. The van der Waals surface area contributed by atoms with Crippen molar-refractivity contribution in [2.24, 2.45) is 17.6 Å². The van der Waals surface area contributed by atoms with Gasteiger partial charge in [-0.2, -0.15) is 0 Å². The first-order valence-electron chi connectivity index (χ1n) is 10.3. The fourth-order valence-electron chi connectivity index (χ4n) is 3.95. The third-order valence-corrected chi connectivity index (χ3v) is 5.62. The first-order chi connectivity index (χ1) is 13.7. The minimum atomic E-state index is -1.04. The van der Waals surface area contributed by atoms with Gasteiger partial charge >= 0.3 is 0 Å². The van der Waals surface area contributed by atoms with Crippen molar-refractivity contribution < 1.29 is 9.90 Å². The summed E-state index contributed by atoms with van der Waals surface area (Å²) in [5, 5.41) is 14.1. The highest BCUT2D eigenvalue weighted by atomic mass is 16.3. The number of carbonyl (C=O) groups is 1. The normalized spacial score (nSPS) is 23.2. The number of aromatic nitrogens is 3. The van der Waals surface area contributed by atoms with Gasteiger partial charge in [-0.25, -0.2) is 15.0 Å². The van der Waals surface area contributed by atoms with Crippen LogP contribution >= 0.6 is 0 Å². The molecule has 0 amide bonds. The van der Waals surface area contributed by atoms with E-state index in [1.807, 2.05) is 19.9 Å². The van der Waals surface area contributed by atoms with Crippen LogP contribution in [0, 0.1) is 11.8 Å². The Hall–Kier alpha value is -2.38. The Labute approximate surface area is 171 Å². The van der Waals surface area contributed by atoms with E-state index < -0.39 is 5.72 Å². The van der Waals surface area contributed by atoms with Crippen molar-refractivity contribution in [3.8, 4) is 0 Å². The Morgan fingerprint density at radius 3 is 2.69 bits per heavy atom. The highest BCUT2D eigenvalue weighted by Crippen LogP contribution is 2.35. The Balaban J connectivity index is 1.88. The number of aliphatic hydroxyl groups is 1. The number of fused-ring (bicyclic) bond motifs is 1. The van der Waals surface area contributed by atoms with Gasteiger partial charge in [-0.3, -0.25) is 4.79 Å². The number of pyridine rings is 1. The van der Waals surface area contributed by atoms with E-state index in [1.54, 1.807) is 12.3 Å². The Morgan fingerprint density at radius 2 is 2.10 bits per heavy atom. The van der Waals surface area contributed by atoms with E-state index in [0.29, 0.717) is 36.7 Å². The van der Waals surface area contributed by atoms with E-state index >= 15 is 0 Å². The number of hydrogen-bond donors (Lipinski definition) is 3. The van der Waals surface area contributed by atoms with Gasteiger partial charge < -0.3 is 16.2 Å². The number of nitrogens with zero attached hydrogens (tertiary/aromatic N) is 3. The van der Waals surface area contributed by atoms with Gasteiger partial charge in [0.15, 0.2) is 11.6 Å². The van der Waals surface area contributed by atoms with E-state index in [4.69, 9.17) is 10.7 Å². The molecule has 0 aliphatic heterocycles. The summed E-state index contributed by atoms with van der Waals surface area (Å²) in [6.45, 7) is 9.55. The van der Waals surface area contributed by atoms with Crippen LogP contribution in [-0.4, -0.2) is 37.6 Å². The molecule has 156 valence electrons. The van der Waals surface area contributed by atoms with E-state index in [2.05, 4.69) is 21.9 Å². The number of nitrogens with two attached hydrogens (primary N) is 1. The van der Waals surface area contributed by atoms with E-state index in [1.165, 1.54) is 6.92 Å². The van der Waals surface area contributed by atoms with Crippen molar-refractivity contribution in [2.45, 2.75) is 64.6 Å². The third kappa shape index (κ3) is 5.16. The molecule has 1 saturated carbocycles. The van der Waals surface area contributed by atoms with Crippen LogP contribution in [0.3, 0.4) is 0 Å². The SMILES string of the molecule is C=CC(Cc1ncc2cc(C(C)=O)nc(NC(C)C)c2n1)[C@H]1CC[C@](N)(O)CC1. The first kappa shape index (κ1) is 21.3. The van der Waals surface area contributed by atoms with Gasteiger partial charge in [0.1, 0.15) is 22.8 Å². The Bertz CT molecular complexity index is 899. The molecule has 2 aromatic heterocycles. The monoisotopic (exact) mass is 397 g/mol. The number of hydrogen-bond acceptors (Lipinski definition) is 7. The van der Waals surface area contributed by atoms with Crippen molar-refractivity contribution in [3.63, 3.8) is 0 Å². The summed E-state index contributed by atoms with van der Waals surface area (Å²) in [6.07, 6.45) is 7.31. The molecular weight excluding hydrogens is 366 g/mol. The maximum atomic E-state index is 11.8. The predicted molar refractivity (Wildman–Crippen MR) is 115 cm³/mol. The average Bonchev–Trinajstić information content (AvgIpc) is 2.66. The molecule has 7 nitrogen and oxygen atoms in total. The van der Waals surface area contributed by atoms with Crippen LogP contribution in [0.25, 0.3) is 10.9 Å². The molecule has 7 heteroatoms. The second-order valence-corrected chi connectivity index (χ2v) is 8.48. The molecule has 1 unspecified atom stereocenters. The Kier molecular flexibility index (Phi) is 6.29. The van der Waals surface area contributed by atoms with Crippen LogP contribution in [-0.2, 0) is 6.42 Å². The highest BCUT2D eigenvalue weighted by molar-refractivity contribution is 5.98. The molecule has 0 spiro atoms. The predicted octanol–water partition coefficient (Wildman–Crippen LogP) is 3.23. The van der Waals surface area contributed by atoms with E-state index in [-0.39, 0.29) is 17.7 Å². The minimum absolute atomic E-state index is 0.0911. The molecule has 1 aliphatic carbocycles. The first-order valence-corrected chi connectivity index (χ1v) is 10.3. The molecular formula is C22H31N5O2. The van der Waals surface area contributed by atoms with Gasteiger partial charge in [-0.15, -0.1) is 6.58 Å². The molecule has 3 rings (SSSR count). The zero-order chi connectivity index (χ0) is 21.2. The van der Waals surface area contributed by atoms with Gasteiger partial charge in [-0.05, 0) is 57.4 Å². The van der Waals surface area contributed by atoms with E-state index in [9.17, 15) is 9.90 Å². The highest BCUT2D eigenvalue weighted by Gasteiger charge is 2.32. The van der Waals surface area contributed by atoms with Crippen LogP contribution in [0.5, 0.6) is 0 Å². The molecule has 0 bridgehead atoms. The van der Waals surface area contributed by atoms with Gasteiger partial charge in [-0.1, -0.05) is 6.08 Å². The smallest absolute Gasteiger partial charge is 0.178 e. The van der Waals surface area contributed by atoms with Crippen LogP contribution in [0.15, 0.2) is 24.9 Å². The number of rotatable bonds is 7. The zero-order valence-electron chi connectivity index (χ0n) is 17.5. The lowest BCUT2D eigenvalue weighted by Gasteiger charge is -2.35. The van der Waals surface area contributed by atoms with Crippen molar-refractivity contribution in [1.82, 2.24) is 15.0 Å². The van der Waals surface area contributed by atoms with Crippen LogP contribution < -0.4 is 11.1 Å². The van der Waals surface area contributed by atoms with Crippen molar-refractivity contribution >= 4 is 22.5 Å². The number of anilines is 1. The summed E-state index contributed by atoms with van der Waals surface area (Å²) in [4.78, 5) is 25.6. The molecule has 4 N–H and O–H groups in total. The number of allylic oxidation sites excluding steroid dienone is 1. The second-order valence-electron chi connectivity index (χ2n) is 8.48. The maximum absolute atomic E-state index is 11.8. The van der Waals surface area contributed by atoms with Gasteiger partial charge in [0.2, 0.25) is 0 Å². The topological polar surface area (TPSA) is 114 Å². The van der Waals surface area contributed by atoms with Gasteiger partial charge in [0.25, 0.3) is 0 Å². The number of carbonyl (C=O) groups excluding carboxylic acids is 1. The maximum Gasteiger partial charge on any atom is 0.178 e. The fraction of sp³-hybridized carbons (Fsp3) is 0.545. The molecule has 1 fully saturated rings. The van der Waals surface area contributed by atoms with Crippen molar-refractivity contribution in [3.05, 3.63) is 36.4 Å². The summed E-state index contributed by atoms with van der Waals surface area (Å²) < 4.78 is 0. The van der Waals surface area contributed by atoms with Crippen molar-refractivity contribution in [1.29, 1.82) is 0 Å². The number of ketones is 1. The summed E-state index contributed by atoms with van der Waals surface area (Å²) in [5.41, 5.74) is 5.93.